The van der Waals surface area contributed by atoms with Crippen LogP contribution in [0.4, 0.5) is 0 Å². The van der Waals surface area contributed by atoms with E-state index in [1.165, 1.54) is 6.33 Å². The number of nitrogens with zero attached hydrogens (tertiary/aromatic N) is 3. The van der Waals surface area contributed by atoms with Gasteiger partial charge in [0.1, 0.15) is 0 Å². The second kappa shape index (κ2) is 4.35. The van der Waals surface area contributed by atoms with Gasteiger partial charge in [-0.3, -0.25) is 9.36 Å². The number of halogens is 1. The van der Waals surface area contributed by atoms with Crippen LogP contribution in [-0.2, 0) is 5.54 Å². The monoisotopic (exact) mass is 318 g/mol. The lowest BCUT2D eigenvalue weighted by Crippen LogP contribution is -2.25. The third-order valence-electron chi connectivity index (χ3n) is 3.98. The summed E-state index contributed by atoms with van der Waals surface area (Å²) in [5.41, 5.74) is 1.55. The van der Waals surface area contributed by atoms with Crippen LogP contribution in [0, 0.1) is 0 Å². The molecule has 0 bridgehead atoms. The molecule has 1 aliphatic carbocycles. The molecule has 5 nitrogen and oxygen atoms in total. The molecule has 4 rings (SSSR count). The van der Waals surface area contributed by atoms with E-state index in [0.717, 1.165) is 18.4 Å². The number of aromatic nitrogens is 4. The van der Waals surface area contributed by atoms with Gasteiger partial charge < -0.3 is 4.98 Å². The first kappa shape index (κ1) is 12.9. The van der Waals surface area contributed by atoms with E-state index in [-0.39, 0.29) is 11.1 Å². The molecule has 2 heterocycles. The van der Waals surface area contributed by atoms with Crippen molar-refractivity contribution in [2.24, 2.45) is 0 Å². The summed E-state index contributed by atoms with van der Waals surface area (Å²) >= 11 is 10.4. The third kappa shape index (κ3) is 1.82. The Morgan fingerprint density at radius 3 is 2.67 bits per heavy atom. The number of fused-ring (bicyclic) bond motifs is 1. The van der Waals surface area contributed by atoms with Crippen molar-refractivity contribution in [1.29, 1.82) is 0 Å². The zero-order chi connectivity index (χ0) is 14.6. The fourth-order valence-corrected chi connectivity index (χ4v) is 3.32. The first-order chi connectivity index (χ1) is 10.1. The molecule has 1 fully saturated rings. The molecule has 0 unspecified atom stereocenters. The highest BCUT2D eigenvalue weighted by molar-refractivity contribution is 7.80. The Bertz CT molecular complexity index is 895. The van der Waals surface area contributed by atoms with Gasteiger partial charge in [-0.25, -0.2) is 4.98 Å². The van der Waals surface area contributed by atoms with Crippen molar-refractivity contribution in [2.45, 2.75) is 23.5 Å². The van der Waals surface area contributed by atoms with Gasteiger partial charge in [0.25, 0.3) is 5.56 Å². The summed E-state index contributed by atoms with van der Waals surface area (Å²) < 4.78 is 1.94. The average Bonchev–Trinajstić information content (AvgIpc) is 3.09. The van der Waals surface area contributed by atoms with Crippen LogP contribution in [0.15, 0.2) is 40.5 Å². The molecule has 1 aliphatic rings. The van der Waals surface area contributed by atoms with Crippen molar-refractivity contribution in [3.05, 3.63) is 51.5 Å². The third-order valence-corrected chi connectivity index (χ3v) is 4.53. The maximum absolute atomic E-state index is 11.9. The number of H-pyrrole nitrogens is 1. The fourth-order valence-electron chi connectivity index (χ4n) is 2.82. The highest BCUT2D eigenvalue weighted by Gasteiger charge is 2.48. The Morgan fingerprint density at radius 1 is 1.29 bits per heavy atom. The zero-order valence-electron chi connectivity index (χ0n) is 10.9. The van der Waals surface area contributed by atoms with Crippen molar-refractivity contribution in [2.75, 3.05) is 0 Å². The summed E-state index contributed by atoms with van der Waals surface area (Å²) in [6.45, 7) is 0. The Hall–Kier alpha value is -1.79. The summed E-state index contributed by atoms with van der Waals surface area (Å²) in [5, 5.41) is 1.08. The van der Waals surface area contributed by atoms with Crippen molar-refractivity contribution in [3.8, 4) is 0 Å². The highest BCUT2D eigenvalue weighted by Crippen LogP contribution is 2.51. The van der Waals surface area contributed by atoms with Gasteiger partial charge in [-0.1, -0.05) is 23.7 Å². The standard InChI is InChI=1S/C14H11ClN4OS/c15-9-3-1-8(2-4-9)14(5-6-14)19-11-10(16-7-17-11)12(20)18-13(19)21/h1-4,7H,5-6H2,(H,16,17)(H,18,20,21). The van der Waals surface area contributed by atoms with Gasteiger partial charge in [-0.05, 0) is 30.5 Å². The topological polar surface area (TPSA) is 63.6 Å². The Kier molecular flexibility index (Phi) is 2.68. The molecular weight excluding hydrogens is 308 g/mol. The quantitative estimate of drug-likeness (QED) is 0.564. The van der Waals surface area contributed by atoms with Gasteiger partial charge in [0.2, 0.25) is 0 Å². The second-order valence-corrected chi connectivity index (χ2v) is 6.03. The van der Waals surface area contributed by atoms with Gasteiger partial charge in [-0.15, -0.1) is 12.6 Å². The minimum absolute atomic E-state index is 0.240. The number of benzene rings is 1. The lowest BCUT2D eigenvalue weighted by Gasteiger charge is -2.22. The summed E-state index contributed by atoms with van der Waals surface area (Å²) in [6, 6.07) is 7.73. The molecule has 2 aromatic heterocycles. The van der Waals surface area contributed by atoms with Gasteiger partial charge >= 0.3 is 0 Å². The maximum atomic E-state index is 11.9. The van der Waals surface area contributed by atoms with Crippen LogP contribution in [0.25, 0.3) is 11.2 Å². The van der Waals surface area contributed by atoms with Crippen LogP contribution < -0.4 is 5.56 Å². The van der Waals surface area contributed by atoms with Gasteiger partial charge in [0.15, 0.2) is 16.3 Å². The van der Waals surface area contributed by atoms with E-state index in [0.29, 0.717) is 21.3 Å². The predicted molar refractivity (Wildman–Crippen MR) is 83.2 cm³/mol. The van der Waals surface area contributed by atoms with E-state index in [1.807, 2.05) is 28.8 Å². The Labute approximate surface area is 130 Å². The molecule has 0 saturated heterocycles. The van der Waals surface area contributed by atoms with Crippen LogP contribution in [0.1, 0.15) is 18.4 Å². The van der Waals surface area contributed by atoms with Crippen LogP contribution >= 0.6 is 24.2 Å². The summed E-state index contributed by atoms with van der Waals surface area (Å²) in [6.07, 6.45) is 3.42. The van der Waals surface area contributed by atoms with E-state index in [4.69, 9.17) is 11.6 Å². The van der Waals surface area contributed by atoms with E-state index in [1.54, 1.807) is 0 Å². The minimum Gasteiger partial charge on any atom is -0.339 e. The smallest absolute Gasteiger partial charge is 0.299 e. The molecule has 0 atom stereocenters. The number of aromatic amines is 1. The van der Waals surface area contributed by atoms with Crippen LogP contribution in [-0.4, -0.2) is 19.5 Å². The van der Waals surface area contributed by atoms with Crippen molar-refractivity contribution >= 4 is 35.4 Å². The molecule has 0 radical (unpaired) electrons. The molecule has 0 aliphatic heterocycles. The summed E-state index contributed by atoms with van der Waals surface area (Å²) in [4.78, 5) is 23.0. The highest BCUT2D eigenvalue weighted by atomic mass is 35.5. The van der Waals surface area contributed by atoms with E-state index in [9.17, 15) is 4.79 Å². The first-order valence-electron chi connectivity index (χ1n) is 6.53. The van der Waals surface area contributed by atoms with Gasteiger partial charge in [0, 0.05) is 5.02 Å². The molecule has 3 aromatic rings. The van der Waals surface area contributed by atoms with Crippen LogP contribution in [0.2, 0.25) is 5.02 Å². The molecule has 7 heteroatoms. The number of rotatable bonds is 2. The molecule has 1 aromatic carbocycles. The lowest BCUT2D eigenvalue weighted by molar-refractivity contribution is 0.523. The minimum atomic E-state index is -0.337. The number of hydrogen-bond acceptors (Lipinski definition) is 4. The lowest BCUT2D eigenvalue weighted by atomic mass is 10.0. The second-order valence-electron chi connectivity index (χ2n) is 5.19. The summed E-state index contributed by atoms with van der Waals surface area (Å²) in [5.74, 6) is 0. The number of imidazole rings is 1. The molecular formula is C14H11ClN4OS. The van der Waals surface area contributed by atoms with Crippen molar-refractivity contribution in [1.82, 2.24) is 19.5 Å². The number of thiol groups is 1. The Morgan fingerprint density at radius 2 is 2.00 bits per heavy atom. The maximum Gasteiger partial charge on any atom is 0.299 e. The largest absolute Gasteiger partial charge is 0.339 e. The zero-order valence-corrected chi connectivity index (χ0v) is 12.5. The average molecular weight is 319 g/mol. The van der Waals surface area contributed by atoms with E-state index in [2.05, 4.69) is 27.6 Å². The SMILES string of the molecule is O=c1nc(S)n(C2(c3ccc(Cl)cc3)CC2)c2nc[nH]c12. The number of hydrogen-bond donors (Lipinski definition) is 2. The molecule has 0 amide bonds. The number of nitrogens with one attached hydrogen (secondary N) is 1. The molecule has 21 heavy (non-hydrogen) atoms. The van der Waals surface area contributed by atoms with E-state index >= 15 is 0 Å². The molecule has 1 N–H and O–H groups in total. The fraction of sp³-hybridized carbons (Fsp3) is 0.214. The first-order valence-corrected chi connectivity index (χ1v) is 7.36. The molecule has 1 saturated carbocycles. The van der Waals surface area contributed by atoms with Crippen molar-refractivity contribution < 1.29 is 0 Å². The summed E-state index contributed by atoms with van der Waals surface area (Å²) in [7, 11) is 0. The molecule has 106 valence electrons. The van der Waals surface area contributed by atoms with Gasteiger partial charge in [0.05, 0.1) is 11.9 Å². The van der Waals surface area contributed by atoms with E-state index < -0.39 is 0 Å². The Balaban J connectivity index is 2.00. The normalized spacial score (nSPS) is 16.3. The molecule has 0 spiro atoms. The van der Waals surface area contributed by atoms with Gasteiger partial charge in [-0.2, -0.15) is 4.98 Å². The van der Waals surface area contributed by atoms with Crippen LogP contribution in [0.5, 0.6) is 0 Å². The van der Waals surface area contributed by atoms with Crippen LogP contribution in [0.3, 0.4) is 0 Å². The van der Waals surface area contributed by atoms with Crippen molar-refractivity contribution in [3.63, 3.8) is 0 Å². The predicted octanol–water partition coefficient (Wildman–Crippen LogP) is 2.60.